The van der Waals surface area contributed by atoms with Gasteiger partial charge in [-0.1, -0.05) is 18.2 Å². The summed E-state index contributed by atoms with van der Waals surface area (Å²) in [5.74, 6) is 0.333. The number of rotatable bonds is 7. The Morgan fingerprint density at radius 2 is 1.73 bits per heavy atom. The molecular weight excluding hydrogens is 552 g/mol. The summed E-state index contributed by atoms with van der Waals surface area (Å²) >= 11 is 0. The van der Waals surface area contributed by atoms with E-state index in [-0.39, 0.29) is 5.91 Å². The van der Waals surface area contributed by atoms with Crippen LogP contribution in [0.4, 0.5) is 17.3 Å². The number of anilines is 3. The summed E-state index contributed by atoms with van der Waals surface area (Å²) in [4.78, 5) is 30.9. The van der Waals surface area contributed by atoms with Crippen molar-refractivity contribution in [1.29, 1.82) is 0 Å². The summed E-state index contributed by atoms with van der Waals surface area (Å²) in [5.41, 5.74) is 6.08. The van der Waals surface area contributed by atoms with Crippen molar-refractivity contribution in [3.05, 3.63) is 101 Å². The van der Waals surface area contributed by atoms with Crippen LogP contribution in [0.5, 0.6) is 0 Å². The molecule has 0 aliphatic carbocycles. The van der Waals surface area contributed by atoms with E-state index in [0.29, 0.717) is 22.3 Å². The lowest BCUT2D eigenvalue weighted by Crippen LogP contribution is -3.07. The summed E-state index contributed by atoms with van der Waals surface area (Å²) in [5, 5.41) is 17.2. The van der Waals surface area contributed by atoms with Crippen LogP contribution in [0.1, 0.15) is 40.7 Å². The van der Waals surface area contributed by atoms with Crippen LogP contribution in [-0.4, -0.2) is 77.0 Å². The molecule has 0 spiro atoms. The van der Waals surface area contributed by atoms with Crippen LogP contribution in [0.15, 0.2) is 79.3 Å². The number of amides is 1. The zero-order valence-corrected chi connectivity index (χ0v) is 25.6. The number of benzene rings is 2. The van der Waals surface area contributed by atoms with Crippen molar-refractivity contribution in [2.24, 2.45) is 0 Å². The zero-order valence-electron chi connectivity index (χ0n) is 25.6. The normalized spacial score (nSPS) is 16.1. The molecule has 10 nitrogen and oxygen atoms in total. The van der Waals surface area contributed by atoms with Crippen LogP contribution in [0.25, 0.3) is 11.3 Å². The smallest absolute Gasteiger partial charge is 0.255 e. The number of aromatic nitrogens is 3. The summed E-state index contributed by atoms with van der Waals surface area (Å²) < 4.78 is 0. The van der Waals surface area contributed by atoms with Crippen LogP contribution >= 0.6 is 0 Å². The Bertz CT molecular complexity index is 1490. The van der Waals surface area contributed by atoms with E-state index in [2.05, 4.69) is 42.4 Å². The first kappa shape index (κ1) is 31.2. The molecule has 230 valence electrons. The molecule has 1 amide bonds. The fourth-order valence-electron chi connectivity index (χ4n) is 5.22. The average molecular weight is 595 g/mol. The second-order valence-corrected chi connectivity index (χ2v) is 11.5. The molecule has 0 radical (unpaired) electrons. The minimum Gasteiger partial charge on any atom is -0.634 e. The second-order valence-electron chi connectivity index (χ2n) is 11.5. The number of nitrogens with one attached hydrogen (secondary N) is 3. The maximum absolute atomic E-state index is 12.9. The van der Waals surface area contributed by atoms with E-state index in [1.165, 1.54) is 12.0 Å². The Balaban J connectivity index is 0.000000484. The van der Waals surface area contributed by atoms with Crippen molar-refractivity contribution in [1.82, 2.24) is 24.8 Å². The highest BCUT2D eigenvalue weighted by Crippen LogP contribution is 2.25. The number of piperidine rings is 1. The zero-order chi connectivity index (χ0) is 30.7. The predicted octanol–water partition coefficient (Wildman–Crippen LogP) is 4.14. The van der Waals surface area contributed by atoms with Crippen molar-refractivity contribution in [2.45, 2.75) is 32.7 Å². The number of carbonyl (C=O) groups is 1. The molecule has 10 heteroatoms. The molecule has 3 N–H and O–H groups in total. The Hall–Kier alpha value is -4.22. The minimum absolute atomic E-state index is 0.143. The molecule has 2 aromatic carbocycles. The van der Waals surface area contributed by atoms with Gasteiger partial charge in [0.1, 0.15) is 0 Å². The molecule has 2 aliphatic rings. The van der Waals surface area contributed by atoms with Crippen molar-refractivity contribution in [3.63, 3.8) is 0 Å². The first-order valence-corrected chi connectivity index (χ1v) is 15.4. The highest BCUT2D eigenvalue weighted by molar-refractivity contribution is 6.04. The van der Waals surface area contributed by atoms with Crippen LogP contribution in [0, 0.1) is 12.1 Å². The largest absolute Gasteiger partial charge is 0.634 e. The van der Waals surface area contributed by atoms with Crippen molar-refractivity contribution >= 4 is 23.2 Å². The summed E-state index contributed by atoms with van der Waals surface area (Å²) in [6.07, 6.45) is 8.76. The first-order chi connectivity index (χ1) is 21.4. The number of pyridine rings is 1. The maximum Gasteiger partial charge on any atom is 0.255 e. The lowest BCUT2D eigenvalue weighted by atomic mass is 10.1. The van der Waals surface area contributed by atoms with Gasteiger partial charge in [-0.05, 0) is 86.8 Å². The minimum atomic E-state index is -0.143. The van der Waals surface area contributed by atoms with E-state index in [0.717, 1.165) is 81.2 Å². The molecule has 2 aliphatic heterocycles. The third kappa shape index (κ3) is 9.14. The third-order valence-electron chi connectivity index (χ3n) is 7.98. The summed E-state index contributed by atoms with van der Waals surface area (Å²) in [7, 11) is 2.16. The van der Waals surface area contributed by atoms with E-state index >= 15 is 0 Å². The van der Waals surface area contributed by atoms with E-state index < -0.39 is 0 Å². The standard InChI is InChI=1S/C29H31N7O.C5H11NO/c1-21-5-10-25(18-27(21)34-29-31-13-11-26(33-29)24-4-3-12-30-19-24)32-28(37)23-8-6-22(7-9-23)20-36-16-14-35(2)15-17-36;7-6-4-2-1-3-5-6/h3-13,18-19H,14-17,20H2,1-2H3,(H,32,37)(H,31,33,34);6H,1-5H2. The van der Waals surface area contributed by atoms with Gasteiger partial charge >= 0.3 is 0 Å². The number of hydrogen-bond donors (Lipinski definition) is 3. The molecule has 4 heterocycles. The molecule has 2 fully saturated rings. The Morgan fingerprint density at radius 1 is 0.955 bits per heavy atom. The van der Waals surface area contributed by atoms with Crippen LogP contribution in [0.3, 0.4) is 0 Å². The van der Waals surface area contributed by atoms with Gasteiger partial charge in [0.05, 0.1) is 18.8 Å². The highest BCUT2D eigenvalue weighted by atomic mass is 16.5. The monoisotopic (exact) mass is 594 g/mol. The molecule has 0 atom stereocenters. The number of carbonyl (C=O) groups excluding carboxylic acids is 1. The van der Waals surface area contributed by atoms with Gasteiger partial charge in [-0.25, -0.2) is 9.97 Å². The van der Waals surface area contributed by atoms with E-state index in [4.69, 9.17) is 0 Å². The molecule has 2 aromatic heterocycles. The van der Waals surface area contributed by atoms with Crippen LogP contribution in [0.2, 0.25) is 0 Å². The van der Waals surface area contributed by atoms with Gasteiger partial charge < -0.3 is 25.8 Å². The highest BCUT2D eigenvalue weighted by Gasteiger charge is 2.15. The quantitative estimate of drug-likeness (QED) is 0.274. The van der Waals surface area contributed by atoms with Gasteiger partial charge in [-0.2, -0.15) is 0 Å². The Kier molecular flexibility index (Phi) is 11.0. The van der Waals surface area contributed by atoms with Gasteiger partial charge in [-0.15, -0.1) is 0 Å². The fraction of sp³-hybridized carbons (Fsp3) is 0.353. The topological polar surface area (TPSA) is 114 Å². The molecule has 0 unspecified atom stereocenters. The molecule has 2 saturated heterocycles. The van der Waals surface area contributed by atoms with Gasteiger partial charge in [-0.3, -0.25) is 14.7 Å². The molecule has 4 aromatic rings. The molecule has 0 saturated carbocycles. The van der Waals surface area contributed by atoms with Gasteiger partial charge in [0, 0.05) is 73.8 Å². The Morgan fingerprint density at radius 3 is 2.41 bits per heavy atom. The third-order valence-corrected chi connectivity index (χ3v) is 7.98. The lowest BCUT2D eigenvalue weighted by molar-refractivity contribution is -0.853. The van der Waals surface area contributed by atoms with Gasteiger partial charge in [0.2, 0.25) is 5.95 Å². The van der Waals surface area contributed by atoms with Crippen molar-refractivity contribution in [3.8, 4) is 11.3 Å². The van der Waals surface area contributed by atoms with Crippen LogP contribution < -0.4 is 15.7 Å². The van der Waals surface area contributed by atoms with Crippen molar-refractivity contribution in [2.75, 3.05) is 56.9 Å². The lowest BCUT2D eigenvalue weighted by Gasteiger charge is -2.32. The number of quaternary nitrogens is 1. The fourth-order valence-corrected chi connectivity index (χ4v) is 5.22. The number of aryl methyl sites for hydroxylation is 1. The summed E-state index contributed by atoms with van der Waals surface area (Å²) in [6.45, 7) is 8.93. The molecule has 44 heavy (non-hydrogen) atoms. The van der Waals surface area contributed by atoms with E-state index in [1.807, 2.05) is 67.6 Å². The number of piperazine rings is 1. The molecule has 0 bridgehead atoms. The maximum atomic E-state index is 12.9. The van der Waals surface area contributed by atoms with E-state index in [9.17, 15) is 10.0 Å². The second kappa shape index (κ2) is 15.5. The Labute approximate surface area is 259 Å². The number of hydroxylamine groups is 2. The van der Waals surface area contributed by atoms with E-state index in [1.54, 1.807) is 18.6 Å². The average Bonchev–Trinajstić information content (AvgIpc) is 3.05. The number of hydrogen-bond acceptors (Lipinski definition) is 8. The molecule has 6 rings (SSSR count). The first-order valence-electron chi connectivity index (χ1n) is 15.4. The SMILES string of the molecule is Cc1ccc(NC(=O)c2ccc(CN3CCN(C)CC3)cc2)cc1Nc1nccc(-c2cccnc2)n1.[O-][NH+]1CCCCC1. The van der Waals surface area contributed by atoms with Gasteiger partial charge in [0.15, 0.2) is 0 Å². The number of nitrogens with zero attached hydrogens (tertiary/aromatic N) is 5. The number of likely N-dealkylation sites (N-methyl/N-ethyl adjacent to an activating group) is 1. The van der Waals surface area contributed by atoms with Crippen LogP contribution in [-0.2, 0) is 6.54 Å². The predicted molar refractivity (Wildman–Crippen MR) is 175 cm³/mol. The van der Waals surface area contributed by atoms with Gasteiger partial charge in [0.25, 0.3) is 5.91 Å². The molecular formula is C34H42N8O2. The van der Waals surface area contributed by atoms with Crippen molar-refractivity contribution < 1.29 is 9.86 Å². The summed E-state index contributed by atoms with van der Waals surface area (Å²) in [6, 6.07) is 19.3.